The molecule has 5 aliphatic rings. The van der Waals surface area contributed by atoms with Gasteiger partial charge < -0.3 is 21.7 Å². The molecule has 4 bridgehead atoms. The van der Waals surface area contributed by atoms with Crippen LogP contribution in [0.15, 0.2) is 41.8 Å². The Bertz CT molecular complexity index is 899. The Morgan fingerprint density at radius 2 is 1.64 bits per heavy atom. The molecule has 3 atom stereocenters. The van der Waals surface area contributed by atoms with E-state index in [4.69, 9.17) is 11.5 Å². The summed E-state index contributed by atoms with van der Waals surface area (Å²) in [6, 6.07) is 5.64. The zero-order valence-corrected chi connectivity index (χ0v) is 17.0. The lowest BCUT2D eigenvalue weighted by molar-refractivity contribution is -0.168. The number of rotatable bonds is 2. The summed E-state index contributed by atoms with van der Waals surface area (Å²) in [6.07, 6.45) is 12.3. The largest absolute Gasteiger partial charge is 0.506 e. The highest BCUT2D eigenvalue weighted by atomic mass is 16.3. The van der Waals surface area contributed by atoms with Gasteiger partial charge in [0.25, 0.3) is 0 Å². The summed E-state index contributed by atoms with van der Waals surface area (Å²) in [5.41, 5.74) is 15.0. The van der Waals surface area contributed by atoms with E-state index in [0.29, 0.717) is 22.2 Å². The van der Waals surface area contributed by atoms with E-state index in [0.717, 1.165) is 17.9 Å². The third kappa shape index (κ3) is 2.29. The van der Waals surface area contributed by atoms with Gasteiger partial charge in [0.05, 0.1) is 11.4 Å². The molecule has 4 heteroatoms. The molecular formula is C24H32N2O2. The smallest absolute Gasteiger partial charge is 0.138 e. The number of benzene rings is 1. The summed E-state index contributed by atoms with van der Waals surface area (Å²) < 4.78 is 0. The molecule has 0 amide bonds. The number of aliphatic hydroxyl groups excluding tert-OH is 1. The number of aromatic hydroxyl groups is 1. The quantitative estimate of drug-likeness (QED) is 0.434. The number of anilines is 1. The van der Waals surface area contributed by atoms with Crippen LogP contribution < -0.4 is 11.5 Å². The molecule has 0 aliphatic heterocycles. The minimum absolute atomic E-state index is 0.0984. The molecule has 28 heavy (non-hydrogen) atoms. The summed E-state index contributed by atoms with van der Waals surface area (Å²) >= 11 is 0. The maximum absolute atomic E-state index is 10.2. The number of hydrogen-bond acceptors (Lipinski definition) is 4. The zero-order valence-electron chi connectivity index (χ0n) is 17.0. The lowest BCUT2D eigenvalue weighted by Gasteiger charge is -2.70. The third-order valence-corrected chi connectivity index (χ3v) is 8.43. The van der Waals surface area contributed by atoms with Crippen molar-refractivity contribution in [3.05, 3.63) is 47.4 Å². The number of phenols is 1. The van der Waals surface area contributed by atoms with Gasteiger partial charge in [-0.2, -0.15) is 0 Å². The van der Waals surface area contributed by atoms with E-state index in [1.807, 2.05) is 18.2 Å². The van der Waals surface area contributed by atoms with Crippen LogP contribution in [-0.2, 0) is 5.41 Å². The van der Waals surface area contributed by atoms with E-state index < -0.39 is 0 Å². The van der Waals surface area contributed by atoms with Crippen LogP contribution in [0.5, 0.6) is 5.75 Å². The number of allylic oxidation sites excluding steroid dienone is 2. The molecule has 0 aromatic heterocycles. The topological polar surface area (TPSA) is 92.5 Å². The van der Waals surface area contributed by atoms with Gasteiger partial charge in [0.1, 0.15) is 11.5 Å². The molecular weight excluding hydrogens is 348 g/mol. The van der Waals surface area contributed by atoms with Crippen LogP contribution in [0.25, 0.3) is 0 Å². The van der Waals surface area contributed by atoms with Gasteiger partial charge in [-0.05, 0) is 97.0 Å². The first-order valence-corrected chi connectivity index (χ1v) is 10.5. The first-order valence-electron chi connectivity index (χ1n) is 10.5. The highest BCUT2D eigenvalue weighted by molar-refractivity contribution is 5.57. The number of aliphatic hydroxyl groups is 1. The highest BCUT2D eigenvalue weighted by Crippen LogP contribution is 2.75. The molecule has 5 aliphatic carbocycles. The van der Waals surface area contributed by atoms with Crippen LogP contribution in [0.3, 0.4) is 0 Å². The maximum atomic E-state index is 10.2. The van der Waals surface area contributed by atoms with Crippen LogP contribution in [-0.4, -0.2) is 10.2 Å². The molecule has 0 radical (unpaired) electrons. The third-order valence-electron chi connectivity index (χ3n) is 8.43. The fourth-order valence-electron chi connectivity index (χ4n) is 8.43. The molecule has 3 unspecified atom stereocenters. The Labute approximate surface area is 167 Å². The highest BCUT2D eigenvalue weighted by Gasteiger charge is 2.66. The number of nitrogen functional groups attached to an aromatic ring is 1. The first kappa shape index (κ1) is 18.0. The molecule has 1 aromatic rings. The summed E-state index contributed by atoms with van der Waals surface area (Å²) in [6.45, 7) is 4.96. The number of phenolic OH excluding ortho intramolecular Hbond substituents is 1. The Morgan fingerprint density at radius 3 is 2.21 bits per heavy atom. The fourth-order valence-corrected chi connectivity index (χ4v) is 8.43. The van der Waals surface area contributed by atoms with Crippen molar-refractivity contribution in [2.75, 3.05) is 5.73 Å². The normalized spacial score (nSPS) is 44.3. The van der Waals surface area contributed by atoms with Gasteiger partial charge in [-0.1, -0.05) is 19.9 Å². The van der Waals surface area contributed by atoms with Crippen molar-refractivity contribution < 1.29 is 10.2 Å². The fraction of sp³-hybridized carbons (Fsp3) is 0.583. The van der Waals surface area contributed by atoms with E-state index in [-0.39, 0.29) is 22.3 Å². The minimum atomic E-state index is -0.298. The molecule has 0 heterocycles. The van der Waals surface area contributed by atoms with Gasteiger partial charge in [-0.3, -0.25) is 0 Å². The van der Waals surface area contributed by atoms with Gasteiger partial charge >= 0.3 is 0 Å². The van der Waals surface area contributed by atoms with E-state index in [2.05, 4.69) is 19.9 Å². The standard InChI is InChI=1S/C24H32N2O2/c1-21-8-15-9-22(2,12-21)14-23(10-15,13-21)24(6-5-20(28)18(26)11-24)16-3-4-19(27)17(25)7-16/h3-5,7,11,15,27-28H,6,8-10,12-14,25-26H2,1-2H3. The number of hydrogen-bond donors (Lipinski definition) is 4. The van der Waals surface area contributed by atoms with Crippen LogP contribution >= 0.6 is 0 Å². The Balaban J connectivity index is 1.73. The molecule has 0 spiro atoms. The van der Waals surface area contributed by atoms with E-state index in [1.165, 1.54) is 38.5 Å². The van der Waals surface area contributed by atoms with E-state index >= 15 is 0 Å². The Hall–Kier alpha value is -2.10. The van der Waals surface area contributed by atoms with Gasteiger partial charge in [0.15, 0.2) is 0 Å². The molecule has 4 fully saturated rings. The van der Waals surface area contributed by atoms with Crippen LogP contribution in [0, 0.1) is 22.2 Å². The Morgan fingerprint density at radius 1 is 0.964 bits per heavy atom. The van der Waals surface area contributed by atoms with E-state index in [1.54, 1.807) is 6.07 Å². The molecule has 0 saturated heterocycles. The van der Waals surface area contributed by atoms with Gasteiger partial charge in [-0.15, -0.1) is 0 Å². The van der Waals surface area contributed by atoms with Gasteiger partial charge in [-0.25, -0.2) is 0 Å². The molecule has 150 valence electrons. The first-order chi connectivity index (χ1) is 13.1. The summed E-state index contributed by atoms with van der Waals surface area (Å²) in [5.74, 6) is 1.06. The van der Waals surface area contributed by atoms with Crippen molar-refractivity contribution in [3.8, 4) is 5.75 Å². The molecule has 6 N–H and O–H groups in total. The van der Waals surface area contributed by atoms with Crippen molar-refractivity contribution in [3.63, 3.8) is 0 Å². The average molecular weight is 381 g/mol. The van der Waals surface area contributed by atoms with Gasteiger partial charge in [0, 0.05) is 5.41 Å². The summed E-state index contributed by atoms with van der Waals surface area (Å²) in [5, 5.41) is 20.3. The second-order valence-corrected chi connectivity index (χ2v) is 11.0. The predicted octanol–water partition coefficient (Wildman–Crippen LogP) is 4.90. The number of nitrogens with two attached hydrogens (primary N) is 2. The van der Waals surface area contributed by atoms with Crippen molar-refractivity contribution in [2.45, 2.75) is 64.2 Å². The SMILES string of the molecule is CC12CC3CC(C)(C1)CC(C1(c4ccc(O)c(N)c4)C=C(N)C(O)=CC1)(C3)C2. The van der Waals surface area contributed by atoms with Gasteiger partial charge in [0.2, 0.25) is 0 Å². The van der Waals surface area contributed by atoms with Crippen LogP contribution in [0.1, 0.15) is 64.4 Å². The van der Waals surface area contributed by atoms with Crippen molar-refractivity contribution >= 4 is 5.69 Å². The summed E-state index contributed by atoms with van der Waals surface area (Å²) in [4.78, 5) is 0. The average Bonchev–Trinajstić information content (AvgIpc) is 2.56. The lowest BCUT2D eigenvalue weighted by Crippen LogP contribution is -2.62. The molecule has 4 saturated carbocycles. The second-order valence-electron chi connectivity index (χ2n) is 11.0. The van der Waals surface area contributed by atoms with Crippen LogP contribution in [0.4, 0.5) is 5.69 Å². The Kier molecular flexibility index (Phi) is 3.39. The van der Waals surface area contributed by atoms with E-state index in [9.17, 15) is 10.2 Å². The van der Waals surface area contributed by atoms with Crippen molar-refractivity contribution in [2.24, 2.45) is 27.9 Å². The van der Waals surface area contributed by atoms with Crippen LogP contribution in [0.2, 0.25) is 0 Å². The van der Waals surface area contributed by atoms with Crippen molar-refractivity contribution in [1.29, 1.82) is 0 Å². The lowest BCUT2D eigenvalue weighted by atomic mass is 9.34. The second kappa shape index (κ2) is 5.28. The molecule has 6 rings (SSSR count). The monoisotopic (exact) mass is 380 g/mol. The molecule has 1 aromatic carbocycles. The van der Waals surface area contributed by atoms with Crippen molar-refractivity contribution in [1.82, 2.24) is 0 Å². The predicted molar refractivity (Wildman–Crippen MR) is 112 cm³/mol. The summed E-state index contributed by atoms with van der Waals surface area (Å²) in [7, 11) is 0. The molecule has 4 nitrogen and oxygen atoms in total. The minimum Gasteiger partial charge on any atom is -0.506 e. The zero-order chi connectivity index (χ0) is 19.9. The maximum Gasteiger partial charge on any atom is 0.138 e.